The van der Waals surface area contributed by atoms with Gasteiger partial charge in [0.1, 0.15) is 4.21 Å². The summed E-state index contributed by atoms with van der Waals surface area (Å²) in [6.07, 6.45) is 1.56. The fourth-order valence-corrected chi connectivity index (χ4v) is 3.26. The number of aliphatic hydroxyl groups is 1. The summed E-state index contributed by atoms with van der Waals surface area (Å²) in [5, 5.41) is 22.8. The van der Waals surface area contributed by atoms with Gasteiger partial charge in [-0.3, -0.25) is 10.1 Å². The van der Waals surface area contributed by atoms with Gasteiger partial charge in [0.05, 0.1) is 11.5 Å². The number of sulfone groups is 1. The van der Waals surface area contributed by atoms with Crippen molar-refractivity contribution in [2.75, 3.05) is 18.2 Å². The zero-order valence-corrected chi connectivity index (χ0v) is 11.5. The number of nitrogens with one attached hydrogen (secondary N) is 1. The van der Waals surface area contributed by atoms with Crippen molar-refractivity contribution in [2.45, 2.75) is 23.6 Å². The first-order valence-corrected chi connectivity index (χ1v) is 7.86. The van der Waals surface area contributed by atoms with E-state index in [-0.39, 0.29) is 27.5 Å². The van der Waals surface area contributed by atoms with E-state index in [9.17, 15) is 18.5 Å². The van der Waals surface area contributed by atoms with Crippen LogP contribution in [0.2, 0.25) is 0 Å². The van der Waals surface area contributed by atoms with Crippen molar-refractivity contribution in [1.82, 2.24) is 0 Å². The molecular formula is C9H14N2O5S2. The van der Waals surface area contributed by atoms with Crippen LogP contribution in [-0.2, 0) is 9.84 Å². The van der Waals surface area contributed by atoms with Gasteiger partial charge in [-0.15, -0.1) is 0 Å². The van der Waals surface area contributed by atoms with E-state index >= 15 is 0 Å². The Morgan fingerprint density at radius 2 is 2.22 bits per heavy atom. The lowest BCUT2D eigenvalue weighted by atomic mass is 10.2. The summed E-state index contributed by atoms with van der Waals surface area (Å²) in [6, 6.07) is 0.696. The first kappa shape index (κ1) is 14.9. The first-order chi connectivity index (χ1) is 8.29. The van der Waals surface area contributed by atoms with E-state index < -0.39 is 14.8 Å². The monoisotopic (exact) mass is 294 g/mol. The second kappa shape index (κ2) is 5.63. The molecule has 1 unspecified atom stereocenters. The van der Waals surface area contributed by atoms with Gasteiger partial charge < -0.3 is 10.4 Å². The largest absolute Gasteiger partial charge is 0.394 e. The molecule has 102 valence electrons. The minimum absolute atomic E-state index is 0.0653. The van der Waals surface area contributed by atoms with Gasteiger partial charge in [0.25, 0.3) is 0 Å². The number of nitrogens with zero attached hydrogens (tertiary/aromatic N) is 1. The summed E-state index contributed by atoms with van der Waals surface area (Å²) in [4.78, 5) is 10.2. The number of aliphatic hydroxyl groups excluding tert-OH is 1. The van der Waals surface area contributed by atoms with Crippen LogP contribution in [-0.4, -0.2) is 37.4 Å². The van der Waals surface area contributed by atoms with Crippen LogP contribution < -0.4 is 5.32 Å². The van der Waals surface area contributed by atoms with Gasteiger partial charge in [0, 0.05) is 18.4 Å². The zero-order valence-electron chi connectivity index (χ0n) is 9.91. The highest BCUT2D eigenvalue weighted by molar-refractivity contribution is 7.92. The maximum Gasteiger partial charge on any atom is 0.304 e. The topological polar surface area (TPSA) is 110 Å². The summed E-state index contributed by atoms with van der Waals surface area (Å²) >= 11 is 0.802. The normalized spacial score (nSPS) is 13.3. The molecule has 7 nitrogen and oxygen atoms in total. The van der Waals surface area contributed by atoms with Crippen molar-refractivity contribution in [3.05, 3.63) is 16.2 Å². The second-order valence-corrected chi connectivity index (χ2v) is 7.04. The molecule has 2 N–H and O–H groups in total. The van der Waals surface area contributed by atoms with E-state index in [2.05, 4.69) is 5.32 Å². The third-order valence-electron chi connectivity index (χ3n) is 2.30. The third-order valence-corrected chi connectivity index (χ3v) is 5.16. The molecule has 0 saturated heterocycles. The van der Waals surface area contributed by atoms with Crippen LogP contribution in [0.3, 0.4) is 0 Å². The molecule has 0 saturated carbocycles. The second-order valence-electron chi connectivity index (χ2n) is 3.74. The summed E-state index contributed by atoms with van der Waals surface area (Å²) in [6.45, 7) is 1.63. The lowest BCUT2D eigenvalue weighted by Gasteiger charge is -2.12. The van der Waals surface area contributed by atoms with Crippen LogP contribution in [0, 0.1) is 10.1 Å². The standard InChI is InChI=1S/C9H14N2O5S2/c1-3-6(5-12)10-9-7(11(13)14)4-8(17-9)18(2,15)16/h4,6,10,12H,3,5H2,1-2H3. The summed E-state index contributed by atoms with van der Waals surface area (Å²) in [5.74, 6) is 0. The van der Waals surface area contributed by atoms with Crippen LogP contribution in [0.5, 0.6) is 0 Å². The molecule has 0 spiro atoms. The zero-order chi connectivity index (χ0) is 13.9. The number of rotatable bonds is 6. The van der Waals surface area contributed by atoms with Crippen LogP contribution in [0.25, 0.3) is 0 Å². The Morgan fingerprint density at radius 3 is 2.61 bits per heavy atom. The number of hydrogen-bond donors (Lipinski definition) is 2. The number of thiophene rings is 1. The third kappa shape index (κ3) is 3.40. The Labute approximate surface area is 109 Å². The molecule has 1 heterocycles. The van der Waals surface area contributed by atoms with E-state index in [4.69, 9.17) is 5.11 Å². The van der Waals surface area contributed by atoms with Crippen LogP contribution in [0.15, 0.2) is 10.3 Å². The fourth-order valence-electron chi connectivity index (χ4n) is 1.24. The predicted molar refractivity (Wildman–Crippen MR) is 68.9 cm³/mol. The summed E-state index contributed by atoms with van der Waals surface area (Å²) in [7, 11) is -3.48. The van der Waals surface area contributed by atoms with Crippen LogP contribution in [0.4, 0.5) is 10.7 Å². The van der Waals surface area contributed by atoms with Gasteiger partial charge in [-0.1, -0.05) is 18.3 Å². The van der Waals surface area contributed by atoms with Crippen molar-refractivity contribution in [3.63, 3.8) is 0 Å². The smallest absolute Gasteiger partial charge is 0.304 e. The average Bonchev–Trinajstić information content (AvgIpc) is 2.69. The SMILES string of the molecule is CCC(CO)Nc1sc(S(C)(=O)=O)cc1[N+](=O)[O-]. The maximum atomic E-state index is 11.4. The number of hydrogen-bond acceptors (Lipinski definition) is 7. The number of nitro groups is 1. The van der Waals surface area contributed by atoms with E-state index in [0.717, 1.165) is 23.7 Å². The minimum Gasteiger partial charge on any atom is -0.394 e. The molecular weight excluding hydrogens is 280 g/mol. The van der Waals surface area contributed by atoms with Crippen LogP contribution in [0.1, 0.15) is 13.3 Å². The fraction of sp³-hybridized carbons (Fsp3) is 0.556. The Bertz CT molecular complexity index is 533. The molecule has 1 rings (SSSR count). The van der Waals surface area contributed by atoms with Gasteiger partial charge in [0.2, 0.25) is 0 Å². The van der Waals surface area contributed by atoms with E-state index in [0.29, 0.717) is 6.42 Å². The quantitative estimate of drug-likeness (QED) is 0.603. The highest BCUT2D eigenvalue weighted by Crippen LogP contribution is 2.37. The Balaban J connectivity index is 3.17. The van der Waals surface area contributed by atoms with Crippen molar-refractivity contribution >= 4 is 31.9 Å². The van der Waals surface area contributed by atoms with Gasteiger partial charge in [-0.2, -0.15) is 0 Å². The Hall–Kier alpha value is -1.19. The molecule has 1 atom stereocenters. The maximum absolute atomic E-state index is 11.4. The molecule has 0 amide bonds. The average molecular weight is 294 g/mol. The molecule has 1 aromatic heterocycles. The van der Waals surface area contributed by atoms with Gasteiger partial charge in [-0.05, 0) is 6.42 Å². The van der Waals surface area contributed by atoms with E-state index in [1.54, 1.807) is 0 Å². The lowest BCUT2D eigenvalue weighted by molar-refractivity contribution is -0.383. The molecule has 1 aromatic rings. The van der Waals surface area contributed by atoms with Gasteiger partial charge >= 0.3 is 5.69 Å². The van der Waals surface area contributed by atoms with Crippen molar-refractivity contribution in [3.8, 4) is 0 Å². The van der Waals surface area contributed by atoms with E-state index in [1.807, 2.05) is 6.92 Å². The predicted octanol–water partition coefficient (Wildman–Crippen LogP) is 1.24. The molecule has 0 bridgehead atoms. The molecule has 0 radical (unpaired) electrons. The van der Waals surface area contributed by atoms with Gasteiger partial charge in [0.15, 0.2) is 14.8 Å². The lowest BCUT2D eigenvalue weighted by Crippen LogP contribution is -2.22. The molecule has 18 heavy (non-hydrogen) atoms. The number of anilines is 1. The summed E-state index contributed by atoms with van der Waals surface area (Å²) in [5.41, 5.74) is -0.285. The minimum atomic E-state index is -3.48. The Kier molecular flexibility index (Phi) is 4.65. The molecule has 0 aliphatic heterocycles. The van der Waals surface area contributed by atoms with Gasteiger partial charge in [-0.25, -0.2) is 8.42 Å². The highest BCUT2D eigenvalue weighted by atomic mass is 32.2. The highest BCUT2D eigenvalue weighted by Gasteiger charge is 2.24. The molecule has 0 aliphatic carbocycles. The van der Waals surface area contributed by atoms with Crippen LogP contribution >= 0.6 is 11.3 Å². The first-order valence-electron chi connectivity index (χ1n) is 5.15. The summed E-state index contributed by atoms with van der Waals surface area (Å²) < 4.78 is 22.6. The molecule has 0 aliphatic rings. The molecule has 0 fully saturated rings. The van der Waals surface area contributed by atoms with Crippen molar-refractivity contribution < 1.29 is 18.4 Å². The molecule has 9 heteroatoms. The van der Waals surface area contributed by atoms with Crippen molar-refractivity contribution in [2.24, 2.45) is 0 Å². The van der Waals surface area contributed by atoms with E-state index in [1.165, 1.54) is 0 Å². The van der Waals surface area contributed by atoms with Crippen molar-refractivity contribution in [1.29, 1.82) is 0 Å². The molecule has 0 aromatic carbocycles. The Morgan fingerprint density at radius 1 is 1.61 bits per heavy atom.